The van der Waals surface area contributed by atoms with Gasteiger partial charge >= 0.3 is 0 Å². The maximum atomic E-state index is 12.6. The van der Waals surface area contributed by atoms with Crippen LogP contribution in [-0.4, -0.2) is 22.6 Å². The molecule has 0 saturated heterocycles. The van der Waals surface area contributed by atoms with Crippen molar-refractivity contribution in [1.29, 1.82) is 0 Å². The summed E-state index contributed by atoms with van der Waals surface area (Å²) >= 11 is 0. The van der Waals surface area contributed by atoms with E-state index in [0.29, 0.717) is 12.2 Å². The monoisotopic (exact) mass is 360 g/mol. The molecule has 3 aromatic rings. The first kappa shape index (κ1) is 17.5. The van der Waals surface area contributed by atoms with Crippen molar-refractivity contribution in [3.8, 4) is 0 Å². The fraction of sp³-hybridized carbons (Fsp3) is 0.333. The number of benzene rings is 1. The third kappa shape index (κ3) is 3.03. The van der Waals surface area contributed by atoms with E-state index in [1.165, 1.54) is 0 Å². The molecular weight excluding hydrogens is 340 g/mol. The SMILES string of the molecule is Cc1c(C(C)NC(=O)c2n[nH]c3c2CNCC3)oc2ccccc12.Cl. The first-order valence-corrected chi connectivity index (χ1v) is 8.21. The van der Waals surface area contributed by atoms with E-state index in [-0.39, 0.29) is 24.4 Å². The molecule has 3 N–H and O–H groups in total. The minimum Gasteiger partial charge on any atom is -0.459 e. The molecule has 25 heavy (non-hydrogen) atoms. The number of hydrogen-bond acceptors (Lipinski definition) is 4. The first-order chi connectivity index (χ1) is 11.6. The third-order valence-electron chi connectivity index (χ3n) is 4.64. The zero-order valence-electron chi connectivity index (χ0n) is 14.2. The highest BCUT2D eigenvalue weighted by Gasteiger charge is 2.24. The fourth-order valence-electron chi connectivity index (χ4n) is 3.35. The number of amides is 1. The predicted octanol–water partition coefficient (Wildman–Crippen LogP) is 3.02. The number of carbonyl (C=O) groups excluding carboxylic acids is 1. The molecule has 0 fully saturated rings. The lowest BCUT2D eigenvalue weighted by Crippen LogP contribution is -2.30. The molecule has 1 aliphatic rings. The number of H-pyrrole nitrogens is 1. The van der Waals surface area contributed by atoms with Crippen molar-refractivity contribution in [2.45, 2.75) is 32.9 Å². The molecule has 0 bridgehead atoms. The number of halogens is 1. The zero-order valence-corrected chi connectivity index (χ0v) is 15.0. The molecule has 0 saturated carbocycles. The van der Waals surface area contributed by atoms with Gasteiger partial charge in [-0.25, -0.2) is 0 Å². The summed E-state index contributed by atoms with van der Waals surface area (Å²) in [6.45, 7) is 5.53. The maximum absolute atomic E-state index is 12.6. The van der Waals surface area contributed by atoms with Crippen LogP contribution in [0.2, 0.25) is 0 Å². The Labute approximate surface area is 151 Å². The molecule has 0 radical (unpaired) electrons. The Balaban J connectivity index is 0.00000182. The molecule has 0 spiro atoms. The molecule has 2 aromatic heterocycles. The lowest BCUT2D eigenvalue weighted by atomic mass is 10.1. The van der Waals surface area contributed by atoms with E-state index in [9.17, 15) is 4.79 Å². The van der Waals surface area contributed by atoms with Crippen LogP contribution in [0.4, 0.5) is 0 Å². The maximum Gasteiger partial charge on any atom is 0.272 e. The van der Waals surface area contributed by atoms with E-state index in [2.05, 4.69) is 20.8 Å². The number of hydrogen-bond donors (Lipinski definition) is 3. The lowest BCUT2D eigenvalue weighted by Gasteiger charge is -2.15. The van der Waals surface area contributed by atoms with E-state index in [0.717, 1.165) is 46.5 Å². The Morgan fingerprint density at radius 2 is 2.16 bits per heavy atom. The average molecular weight is 361 g/mol. The number of carbonyl (C=O) groups is 1. The molecule has 1 atom stereocenters. The van der Waals surface area contributed by atoms with Gasteiger partial charge in [0.05, 0.1) is 6.04 Å². The normalized spacial score (nSPS) is 14.6. The van der Waals surface area contributed by atoms with Crippen LogP contribution in [0.3, 0.4) is 0 Å². The van der Waals surface area contributed by atoms with Crippen LogP contribution in [-0.2, 0) is 13.0 Å². The lowest BCUT2D eigenvalue weighted by molar-refractivity contribution is 0.0929. The third-order valence-corrected chi connectivity index (χ3v) is 4.64. The van der Waals surface area contributed by atoms with Crippen molar-refractivity contribution in [3.05, 3.63) is 52.5 Å². The van der Waals surface area contributed by atoms with Crippen LogP contribution in [0.1, 0.15) is 46.0 Å². The van der Waals surface area contributed by atoms with Crippen LogP contribution in [0.25, 0.3) is 11.0 Å². The Hall–Kier alpha value is -2.31. The summed E-state index contributed by atoms with van der Waals surface area (Å²) in [5.74, 6) is 0.607. The van der Waals surface area contributed by atoms with Crippen LogP contribution in [0, 0.1) is 6.92 Å². The van der Waals surface area contributed by atoms with E-state index in [1.807, 2.05) is 38.1 Å². The molecule has 1 aliphatic heterocycles. The highest BCUT2D eigenvalue weighted by Crippen LogP contribution is 2.29. The van der Waals surface area contributed by atoms with Gasteiger partial charge in [-0.3, -0.25) is 9.89 Å². The fourth-order valence-corrected chi connectivity index (χ4v) is 3.35. The number of nitrogens with one attached hydrogen (secondary N) is 3. The number of rotatable bonds is 3. The first-order valence-electron chi connectivity index (χ1n) is 8.21. The molecule has 3 heterocycles. The Kier molecular flexibility index (Phi) is 4.83. The summed E-state index contributed by atoms with van der Waals surface area (Å²) in [7, 11) is 0. The van der Waals surface area contributed by atoms with Gasteiger partial charge < -0.3 is 15.1 Å². The van der Waals surface area contributed by atoms with E-state index >= 15 is 0 Å². The zero-order chi connectivity index (χ0) is 16.7. The van der Waals surface area contributed by atoms with Gasteiger partial charge in [0.1, 0.15) is 11.3 Å². The van der Waals surface area contributed by atoms with Crippen molar-refractivity contribution in [2.24, 2.45) is 0 Å². The molecule has 1 unspecified atom stereocenters. The second-order valence-corrected chi connectivity index (χ2v) is 6.24. The van der Waals surface area contributed by atoms with Crippen molar-refractivity contribution < 1.29 is 9.21 Å². The van der Waals surface area contributed by atoms with Crippen LogP contribution in [0.15, 0.2) is 28.7 Å². The van der Waals surface area contributed by atoms with Gasteiger partial charge in [-0.1, -0.05) is 18.2 Å². The number of nitrogens with zero attached hydrogens (tertiary/aromatic N) is 1. The summed E-state index contributed by atoms with van der Waals surface area (Å²) in [6.07, 6.45) is 0.869. The average Bonchev–Trinajstić information content (AvgIpc) is 3.17. The van der Waals surface area contributed by atoms with Crippen molar-refractivity contribution in [2.75, 3.05) is 6.54 Å². The molecule has 0 aliphatic carbocycles. The Bertz CT molecular complexity index is 915. The second-order valence-electron chi connectivity index (χ2n) is 6.24. The molecule has 132 valence electrons. The quantitative estimate of drug-likeness (QED) is 0.670. The van der Waals surface area contributed by atoms with Gasteiger partial charge in [-0.05, 0) is 19.9 Å². The standard InChI is InChI=1S/C18H20N4O2.ClH/c1-10-12-5-3-4-6-15(12)24-17(10)11(2)20-18(23)16-13-9-19-8-7-14(13)21-22-16;/h3-6,11,19H,7-9H2,1-2H3,(H,20,23)(H,21,22);1H. The second kappa shape index (κ2) is 6.90. The molecule has 1 aromatic carbocycles. The van der Waals surface area contributed by atoms with E-state index in [1.54, 1.807) is 0 Å². The summed E-state index contributed by atoms with van der Waals surface area (Å²) in [5.41, 5.74) is 4.38. The molecule has 7 heteroatoms. The Morgan fingerprint density at radius 1 is 1.36 bits per heavy atom. The number of aryl methyl sites for hydroxylation is 1. The topological polar surface area (TPSA) is 83.0 Å². The summed E-state index contributed by atoms with van der Waals surface area (Å²) in [5, 5.41) is 14.5. The molecule has 4 rings (SSSR count). The smallest absolute Gasteiger partial charge is 0.272 e. The highest BCUT2D eigenvalue weighted by atomic mass is 35.5. The van der Waals surface area contributed by atoms with Gasteiger partial charge in [0, 0.05) is 41.7 Å². The van der Waals surface area contributed by atoms with Gasteiger partial charge in [-0.15, -0.1) is 12.4 Å². The van der Waals surface area contributed by atoms with E-state index in [4.69, 9.17) is 4.42 Å². The number of fused-ring (bicyclic) bond motifs is 2. The van der Waals surface area contributed by atoms with Crippen LogP contribution < -0.4 is 10.6 Å². The largest absolute Gasteiger partial charge is 0.459 e. The van der Waals surface area contributed by atoms with Crippen molar-refractivity contribution >= 4 is 29.3 Å². The van der Waals surface area contributed by atoms with Crippen LogP contribution >= 0.6 is 12.4 Å². The van der Waals surface area contributed by atoms with Gasteiger partial charge in [0.15, 0.2) is 5.69 Å². The summed E-state index contributed by atoms with van der Waals surface area (Å²) in [4.78, 5) is 12.6. The van der Waals surface area contributed by atoms with Crippen molar-refractivity contribution in [3.63, 3.8) is 0 Å². The van der Waals surface area contributed by atoms with Crippen molar-refractivity contribution in [1.82, 2.24) is 20.8 Å². The van der Waals surface area contributed by atoms with Gasteiger partial charge in [0.2, 0.25) is 0 Å². The van der Waals surface area contributed by atoms with E-state index < -0.39 is 0 Å². The minimum absolute atomic E-state index is 0. The number of para-hydroxylation sites is 1. The highest BCUT2D eigenvalue weighted by molar-refractivity contribution is 5.94. The molecule has 6 nitrogen and oxygen atoms in total. The van der Waals surface area contributed by atoms with Gasteiger partial charge in [-0.2, -0.15) is 5.10 Å². The minimum atomic E-state index is -0.228. The Morgan fingerprint density at radius 3 is 2.96 bits per heavy atom. The molecule has 1 amide bonds. The molecular formula is C18H21ClN4O2. The number of aromatic nitrogens is 2. The number of aromatic amines is 1. The van der Waals surface area contributed by atoms with Crippen LogP contribution in [0.5, 0.6) is 0 Å². The summed E-state index contributed by atoms with van der Waals surface area (Å²) < 4.78 is 5.94. The predicted molar refractivity (Wildman–Crippen MR) is 98.1 cm³/mol. The number of furan rings is 1. The summed E-state index contributed by atoms with van der Waals surface area (Å²) in [6, 6.07) is 7.68. The van der Waals surface area contributed by atoms with Gasteiger partial charge in [0.25, 0.3) is 5.91 Å².